The van der Waals surface area contributed by atoms with Crippen molar-refractivity contribution in [3.8, 4) is 0 Å². The zero-order valence-electron chi connectivity index (χ0n) is 7.96. The monoisotopic (exact) mass is 232 g/mol. The molecule has 0 N–H and O–H groups in total. The standard InChI is InChI=1S/C11H11F3S/c12-11(13,14)10-7-2-1-5-9(10)6-3-4-8-15/h1-3,5-7,15H,4,8H2. The first-order valence-electron chi connectivity index (χ1n) is 4.49. The Morgan fingerprint density at radius 1 is 1.20 bits per heavy atom. The fourth-order valence-electron chi connectivity index (χ4n) is 1.19. The number of thiol groups is 1. The van der Waals surface area contributed by atoms with Gasteiger partial charge in [0.2, 0.25) is 0 Å². The maximum Gasteiger partial charge on any atom is 0.416 e. The van der Waals surface area contributed by atoms with Gasteiger partial charge in [0.15, 0.2) is 0 Å². The van der Waals surface area contributed by atoms with E-state index in [4.69, 9.17) is 0 Å². The lowest BCUT2D eigenvalue weighted by Crippen LogP contribution is -2.06. The Kier molecular flexibility index (Phi) is 4.27. The largest absolute Gasteiger partial charge is 0.416 e. The highest BCUT2D eigenvalue weighted by Gasteiger charge is 2.32. The van der Waals surface area contributed by atoms with Crippen LogP contribution < -0.4 is 0 Å². The first kappa shape index (κ1) is 12.2. The molecule has 0 saturated carbocycles. The summed E-state index contributed by atoms with van der Waals surface area (Å²) in [5.74, 6) is 0.630. The quantitative estimate of drug-likeness (QED) is 0.747. The molecule has 82 valence electrons. The molecule has 1 aromatic carbocycles. The second-order valence-electron chi connectivity index (χ2n) is 3.00. The molecule has 0 bridgehead atoms. The van der Waals surface area contributed by atoms with Gasteiger partial charge in [-0.05, 0) is 23.8 Å². The van der Waals surface area contributed by atoms with Crippen molar-refractivity contribution < 1.29 is 13.2 Å². The molecule has 0 amide bonds. The van der Waals surface area contributed by atoms with Crippen LogP contribution in [0.3, 0.4) is 0 Å². The van der Waals surface area contributed by atoms with Crippen LogP contribution in [0, 0.1) is 0 Å². The van der Waals surface area contributed by atoms with Gasteiger partial charge in [-0.25, -0.2) is 0 Å². The lowest BCUT2D eigenvalue weighted by molar-refractivity contribution is -0.137. The van der Waals surface area contributed by atoms with Crippen molar-refractivity contribution in [1.82, 2.24) is 0 Å². The van der Waals surface area contributed by atoms with Crippen LogP contribution in [0.25, 0.3) is 6.08 Å². The first-order chi connectivity index (χ1) is 7.05. The molecule has 0 radical (unpaired) electrons. The van der Waals surface area contributed by atoms with E-state index in [1.807, 2.05) is 0 Å². The molecule has 1 aromatic rings. The smallest absolute Gasteiger partial charge is 0.179 e. The highest BCUT2D eigenvalue weighted by Crippen LogP contribution is 2.32. The van der Waals surface area contributed by atoms with Crippen molar-refractivity contribution in [2.24, 2.45) is 0 Å². The van der Waals surface area contributed by atoms with Crippen molar-refractivity contribution in [2.45, 2.75) is 12.6 Å². The van der Waals surface area contributed by atoms with Gasteiger partial charge in [0.05, 0.1) is 5.56 Å². The third kappa shape index (κ3) is 3.63. The third-order valence-corrected chi connectivity index (χ3v) is 2.12. The van der Waals surface area contributed by atoms with Gasteiger partial charge in [-0.15, -0.1) is 0 Å². The number of hydrogen-bond acceptors (Lipinski definition) is 1. The van der Waals surface area contributed by atoms with E-state index in [9.17, 15) is 13.2 Å². The average molecular weight is 232 g/mol. The molecular formula is C11H11F3S. The molecule has 15 heavy (non-hydrogen) atoms. The predicted octanol–water partition coefficient (Wildman–Crippen LogP) is 4.04. The summed E-state index contributed by atoms with van der Waals surface area (Å²) in [6.07, 6.45) is -0.451. The van der Waals surface area contributed by atoms with Gasteiger partial charge in [0.25, 0.3) is 0 Å². The molecule has 0 saturated heterocycles. The molecule has 0 aliphatic carbocycles. The fourth-order valence-corrected chi connectivity index (χ4v) is 1.33. The summed E-state index contributed by atoms with van der Waals surface area (Å²) >= 11 is 3.98. The summed E-state index contributed by atoms with van der Waals surface area (Å²) < 4.78 is 37.5. The van der Waals surface area contributed by atoms with Crippen LogP contribution in [0.1, 0.15) is 17.5 Å². The molecule has 0 heterocycles. The Morgan fingerprint density at radius 2 is 1.87 bits per heavy atom. The number of allylic oxidation sites excluding steroid dienone is 1. The fraction of sp³-hybridized carbons (Fsp3) is 0.273. The lowest BCUT2D eigenvalue weighted by atomic mass is 10.1. The molecular weight excluding hydrogens is 221 g/mol. The van der Waals surface area contributed by atoms with Crippen LogP contribution in [-0.4, -0.2) is 5.75 Å². The lowest BCUT2D eigenvalue weighted by Gasteiger charge is -2.09. The van der Waals surface area contributed by atoms with E-state index in [1.54, 1.807) is 12.1 Å². The van der Waals surface area contributed by atoms with Gasteiger partial charge in [-0.1, -0.05) is 30.4 Å². The summed E-state index contributed by atoms with van der Waals surface area (Å²) in [6.45, 7) is 0. The zero-order chi connectivity index (χ0) is 11.3. The Hall–Kier alpha value is -0.900. The minimum atomic E-state index is -4.29. The van der Waals surface area contributed by atoms with Crippen LogP contribution in [0.15, 0.2) is 30.3 Å². The van der Waals surface area contributed by atoms with Crippen molar-refractivity contribution in [3.05, 3.63) is 41.5 Å². The minimum Gasteiger partial charge on any atom is -0.179 e. The molecule has 0 spiro atoms. The Balaban J connectivity index is 2.97. The van der Waals surface area contributed by atoms with E-state index < -0.39 is 11.7 Å². The van der Waals surface area contributed by atoms with E-state index in [0.717, 1.165) is 6.07 Å². The van der Waals surface area contributed by atoms with Gasteiger partial charge in [-0.2, -0.15) is 25.8 Å². The highest BCUT2D eigenvalue weighted by atomic mass is 32.1. The van der Waals surface area contributed by atoms with Crippen molar-refractivity contribution >= 4 is 18.7 Å². The highest BCUT2D eigenvalue weighted by molar-refractivity contribution is 7.80. The average Bonchev–Trinajstić information content (AvgIpc) is 2.17. The van der Waals surface area contributed by atoms with Crippen molar-refractivity contribution in [3.63, 3.8) is 0 Å². The second kappa shape index (κ2) is 5.26. The molecule has 0 nitrogen and oxygen atoms in total. The predicted molar refractivity (Wildman–Crippen MR) is 58.9 cm³/mol. The van der Waals surface area contributed by atoms with Crippen LogP contribution in [-0.2, 0) is 6.18 Å². The van der Waals surface area contributed by atoms with Gasteiger partial charge < -0.3 is 0 Å². The maximum absolute atomic E-state index is 12.5. The van der Waals surface area contributed by atoms with Gasteiger partial charge >= 0.3 is 6.18 Å². The van der Waals surface area contributed by atoms with E-state index in [-0.39, 0.29) is 5.56 Å². The molecule has 4 heteroatoms. The number of halogens is 3. The van der Waals surface area contributed by atoms with Gasteiger partial charge in [0.1, 0.15) is 0 Å². The Bertz CT molecular complexity index is 342. The number of hydrogen-bond donors (Lipinski definition) is 1. The zero-order valence-corrected chi connectivity index (χ0v) is 8.85. The number of rotatable bonds is 3. The third-order valence-electron chi connectivity index (χ3n) is 1.86. The summed E-state index contributed by atoms with van der Waals surface area (Å²) in [5, 5.41) is 0. The molecule has 0 atom stereocenters. The number of benzene rings is 1. The van der Waals surface area contributed by atoms with Gasteiger partial charge in [0, 0.05) is 0 Å². The van der Waals surface area contributed by atoms with E-state index in [1.165, 1.54) is 18.2 Å². The van der Waals surface area contributed by atoms with Crippen LogP contribution in [0.5, 0.6) is 0 Å². The molecule has 0 fully saturated rings. The molecule has 0 unspecified atom stereocenters. The minimum absolute atomic E-state index is 0.201. The van der Waals surface area contributed by atoms with Gasteiger partial charge in [-0.3, -0.25) is 0 Å². The van der Waals surface area contributed by atoms with Crippen LogP contribution >= 0.6 is 12.6 Å². The molecule has 0 aliphatic rings. The second-order valence-corrected chi connectivity index (χ2v) is 3.45. The SMILES string of the molecule is FC(F)(F)c1ccccc1C=CCCS. The van der Waals surface area contributed by atoms with Crippen molar-refractivity contribution in [1.29, 1.82) is 0 Å². The summed E-state index contributed by atoms with van der Waals surface area (Å²) in [7, 11) is 0. The molecule has 1 rings (SSSR count). The summed E-state index contributed by atoms with van der Waals surface area (Å²) in [4.78, 5) is 0. The van der Waals surface area contributed by atoms with Crippen molar-refractivity contribution in [2.75, 3.05) is 5.75 Å². The Labute approximate surface area is 92.2 Å². The van der Waals surface area contributed by atoms with E-state index >= 15 is 0 Å². The molecule has 0 aliphatic heterocycles. The Morgan fingerprint density at radius 3 is 2.47 bits per heavy atom. The molecule has 0 aromatic heterocycles. The summed E-state index contributed by atoms with van der Waals surface area (Å²) in [6, 6.07) is 5.52. The topological polar surface area (TPSA) is 0 Å². The maximum atomic E-state index is 12.5. The number of alkyl halides is 3. The first-order valence-corrected chi connectivity index (χ1v) is 5.12. The van der Waals surface area contributed by atoms with Crippen LogP contribution in [0.4, 0.5) is 13.2 Å². The van der Waals surface area contributed by atoms with Crippen LogP contribution in [0.2, 0.25) is 0 Å². The summed E-state index contributed by atoms with van der Waals surface area (Å²) in [5.41, 5.74) is -0.396. The normalized spacial score (nSPS) is 12.3. The van der Waals surface area contributed by atoms with E-state index in [0.29, 0.717) is 12.2 Å². The van der Waals surface area contributed by atoms with E-state index in [2.05, 4.69) is 12.6 Å².